The smallest absolute Gasteiger partial charge is 0.322 e. The molecule has 0 atom stereocenters. The van der Waals surface area contributed by atoms with Crippen LogP contribution in [-0.4, -0.2) is 40.6 Å². The summed E-state index contributed by atoms with van der Waals surface area (Å²) in [6.07, 6.45) is 0.621. The van der Waals surface area contributed by atoms with Crippen LogP contribution in [0.2, 0.25) is 0 Å². The SMILES string of the molecule is COc1cccc(NC(=O)N2CCc3nc(NC(=O)c4cc(C)on4)sc3C2)c1. The van der Waals surface area contributed by atoms with Crippen LogP contribution in [0.15, 0.2) is 34.9 Å². The lowest BCUT2D eigenvalue weighted by molar-refractivity contribution is 0.101. The summed E-state index contributed by atoms with van der Waals surface area (Å²) in [6.45, 7) is 2.70. The zero-order valence-electron chi connectivity index (χ0n) is 15.9. The van der Waals surface area contributed by atoms with E-state index in [4.69, 9.17) is 9.26 Å². The van der Waals surface area contributed by atoms with Gasteiger partial charge in [0.15, 0.2) is 10.8 Å². The minimum absolute atomic E-state index is 0.194. The third kappa shape index (κ3) is 4.21. The van der Waals surface area contributed by atoms with Gasteiger partial charge in [0, 0.05) is 35.7 Å². The second-order valence-corrected chi connectivity index (χ2v) is 7.58. The van der Waals surface area contributed by atoms with Crippen molar-refractivity contribution in [3.63, 3.8) is 0 Å². The number of nitrogens with zero attached hydrogens (tertiary/aromatic N) is 3. The molecule has 0 radical (unpaired) electrons. The number of methoxy groups -OCH3 is 1. The van der Waals surface area contributed by atoms with E-state index in [0.717, 1.165) is 10.6 Å². The summed E-state index contributed by atoms with van der Waals surface area (Å²) in [5.41, 5.74) is 1.77. The maximum atomic E-state index is 12.6. The maximum absolute atomic E-state index is 12.6. The Morgan fingerprint density at radius 2 is 2.14 bits per heavy atom. The van der Waals surface area contributed by atoms with E-state index in [2.05, 4.69) is 20.8 Å². The molecule has 10 heteroatoms. The summed E-state index contributed by atoms with van der Waals surface area (Å²) in [6, 6.07) is 8.57. The number of hydrogen-bond acceptors (Lipinski definition) is 7. The molecule has 150 valence electrons. The number of aryl methyl sites for hydroxylation is 1. The Morgan fingerprint density at radius 1 is 1.28 bits per heavy atom. The molecule has 0 saturated carbocycles. The number of ether oxygens (including phenoxy) is 1. The predicted octanol–water partition coefficient (Wildman–Crippen LogP) is 3.29. The van der Waals surface area contributed by atoms with E-state index < -0.39 is 0 Å². The van der Waals surface area contributed by atoms with Gasteiger partial charge in [-0.3, -0.25) is 10.1 Å². The van der Waals surface area contributed by atoms with Crippen molar-refractivity contribution >= 4 is 34.1 Å². The third-order valence-corrected chi connectivity index (χ3v) is 5.42. The van der Waals surface area contributed by atoms with E-state index in [9.17, 15) is 9.59 Å². The van der Waals surface area contributed by atoms with Crippen LogP contribution < -0.4 is 15.4 Å². The van der Waals surface area contributed by atoms with Gasteiger partial charge < -0.3 is 19.5 Å². The molecule has 4 rings (SSSR count). The molecule has 3 amide bonds. The number of amides is 3. The lowest BCUT2D eigenvalue weighted by atomic mass is 10.2. The number of benzene rings is 1. The maximum Gasteiger partial charge on any atom is 0.322 e. The molecule has 0 aliphatic carbocycles. The standard InChI is InChI=1S/C19H19N5O4S/c1-11-8-15(23-28-11)17(25)22-18-21-14-6-7-24(10-16(14)29-18)19(26)20-12-4-3-5-13(9-12)27-2/h3-5,8-9H,6-7,10H2,1-2H3,(H,20,26)(H,21,22,25). The quantitative estimate of drug-likeness (QED) is 0.679. The fourth-order valence-electron chi connectivity index (χ4n) is 2.96. The van der Waals surface area contributed by atoms with E-state index in [0.29, 0.717) is 41.8 Å². The molecule has 9 nitrogen and oxygen atoms in total. The second-order valence-electron chi connectivity index (χ2n) is 6.50. The van der Waals surface area contributed by atoms with Crippen molar-refractivity contribution in [2.24, 2.45) is 0 Å². The lowest BCUT2D eigenvalue weighted by Gasteiger charge is -2.26. The molecular formula is C19H19N5O4S. The molecule has 3 heterocycles. The van der Waals surface area contributed by atoms with E-state index in [1.807, 2.05) is 18.2 Å². The largest absolute Gasteiger partial charge is 0.497 e. The second kappa shape index (κ2) is 7.92. The normalized spacial score (nSPS) is 13.0. The summed E-state index contributed by atoms with van der Waals surface area (Å²) in [7, 11) is 1.58. The highest BCUT2D eigenvalue weighted by atomic mass is 32.1. The van der Waals surface area contributed by atoms with E-state index in [1.54, 1.807) is 31.1 Å². The van der Waals surface area contributed by atoms with Crippen LogP contribution in [0.4, 0.5) is 15.6 Å². The molecule has 3 aromatic rings. The molecule has 29 heavy (non-hydrogen) atoms. The Morgan fingerprint density at radius 3 is 2.90 bits per heavy atom. The van der Waals surface area contributed by atoms with Gasteiger partial charge in [0.25, 0.3) is 5.91 Å². The Kier molecular flexibility index (Phi) is 5.17. The first-order valence-corrected chi connectivity index (χ1v) is 9.76. The zero-order valence-corrected chi connectivity index (χ0v) is 16.7. The van der Waals surface area contributed by atoms with Crippen LogP contribution in [0.3, 0.4) is 0 Å². The van der Waals surface area contributed by atoms with Gasteiger partial charge in [0.1, 0.15) is 11.5 Å². The first kappa shape index (κ1) is 18.9. The van der Waals surface area contributed by atoms with Gasteiger partial charge in [-0.15, -0.1) is 0 Å². The highest BCUT2D eigenvalue weighted by Gasteiger charge is 2.25. The average Bonchev–Trinajstić information content (AvgIpc) is 3.33. The minimum atomic E-state index is -0.374. The molecular weight excluding hydrogens is 394 g/mol. The predicted molar refractivity (Wildman–Crippen MR) is 107 cm³/mol. The molecule has 0 fully saturated rings. The number of urea groups is 1. The van der Waals surface area contributed by atoms with Crippen molar-refractivity contribution in [2.75, 3.05) is 24.3 Å². The van der Waals surface area contributed by atoms with Crippen molar-refractivity contribution in [2.45, 2.75) is 19.9 Å². The topological polar surface area (TPSA) is 110 Å². The molecule has 1 aromatic carbocycles. The Labute approximate surface area is 170 Å². The number of hydrogen-bond donors (Lipinski definition) is 2. The van der Waals surface area contributed by atoms with E-state index in [1.165, 1.54) is 11.3 Å². The number of nitrogens with one attached hydrogen (secondary N) is 2. The monoisotopic (exact) mass is 413 g/mol. The Hall–Kier alpha value is -3.40. The molecule has 1 aliphatic rings. The molecule has 0 spiro atoms. The van der Waals surface area contributed by atoms with Gasteiger partial charge >= 0.3 is 6.03 Å². The molecule has 2 N–H and O–H groups in total. The highest BCUT2D eigenvalue weighted by Crippen LogP contribution is 2.29. The number of anilines is 2. The van der Waals surface area contributed by atoms with Crippen LogP contribution in [0, 0.1) is 6.92 Å². The van der Waals surface area contributed by atoms with Gasteiger partial charge in [-0.25, -0.2) is 9.78 Å². The number of rotatable bonds is 4. The summed E-state index contributed by atoms with van der Waals surface area (Å²) in [5, 5.41) is 9.80. The fraction of sp³-hybridized carbons (Fsp3) is 0.263. The minimum Gasteiger partial charge on any atom is -0.497 e. The van der Waals surface area contributed by atoms with Crippen LogP contribution in [0.1, 0.15) is 26.8 Å². The number of thiazole rings is 1. The summed E-state index contributed by atoms with van der Waals surface area (Å²) in [4.78, 5) is 32.0. The van der Waals surface area contributed by atoms with E-state index >= 15 is 0 Å². The molecule has 0 bridgehead atoms. The highest BCUT2D eigenvalue weighted by molar-refractivity contribution is 7.15. The zero-order chi connectivity index (χ0) is 20.4. The van der Waals surface area contributed by atoms with Gasteiger partial charge in [-0.2, -0.15) is 0 Å². The first-order valence-electron chi connectivity index (χ1n) is 8.95. The van der Waals surface area contributed by atoms with Gasteiger partial charge in [0.2, 0.25) is 0 Å². The summed E-state index contributed by atoms with van der Waals surface area (Å²) >= 11 is 1.36. The van der Waals surface area contributed by atoms with Gasteiger partial charge in [-0.05, 0) is 19.1 Å². The summed E-state index contributed by atoms with van der Waals surface area (Å²) < 4.78 is 10.1. The number of fused-ring (bicyclic) bond motifs is 1. The first-order chi connectivity index (χ1) is 14.0. The van der Waals surface area contributed by atoms with Crippen LogP contribution in [-0.2, 0) is 13.0 Å². The van der Waals surface area contributed by atoms with Crippen LogP contribution in [0.25, 0.3) is 0 Å². The van der Waals surface area contributed by atoms with Gasteiger partial charge in [0.05, 0.1) is 19.3 Å². The Balaban J connectivity index is 1.40. The molecule has 1 aliphatic heterocycles. The van der Waals surface area contributed by atoms with Crippen molar-refractivity contribution in [1.29, 1.82) is 0 Å². The van der Waals surface area contributed by atoms with E-state index in [-0.39, 0.29) is 17.6 Å². The molecule has 0 unspecified atom stereocenters. The third-order valence-electron chi connectivity index (χ3n) is 4.42. The van der Waals surface area contributed by atoms with Crippen molar-refractivity contribution in [1.82, 2.24) is 15.0 Å². The van der Waals surface area contributed by atoms with Gasteiger partial charge in [-0.1, -0.05) is 22.6 Å². The molecule has 0 saturated heterocycles. The fourth-order valence-corrected chi connectivity index (χ4v) is 3.98. The number of carbonyl (C=O) groups excluding carboxylic acids is 2. The van der Waals surface area contributed by atoms with Crippen molar-refractivity contribution < 1.29 is 18.8 Å². The summed E-state index contributed by atoms with van der Waals surface area (Å²) in [5.74, 6) is 0.862. The number of carbonyl (C=O) groups is 2. The number of aromatic nitrogens is 2. The van der Waals surface area contributed by atoms with Crippen molar-refractivity contribution in [3.05, 3.63) is 52.4 Å². The van der Waals surface area contributed by atoms with Crippen LogP contribution >= 0.6 is 11.3 Å². The molecule has 2 aromatic heterocycles. The van der Waals surface area contributed by atoms with Crippen molar-refractivity contribution in [3.8, 4) is 5.75 Å². The van der Waals surface area contributed by atoms with Crippen LogP contribution in [0.5, 0.6) is 5.75 Å². The average molecular weight is 413 g/mol. The lowest BCUT2D eigenvalue weighted by Crippen LogP contribution is -2.38. The Bertz CT molecular complexity index is 1060.